The molecule has 3 heterocycles. The Balaban J connectivity index is 1.41. The number of nitrogens with zero attached hydrogens (tertiary/aromatic N) is 1. The number of benzene rings is 2. The Morgan fingerprint density at radius 2 is 1.93 bits per heavy atom. The molecule has 152 valence electrons. The second-order valence-electron chi connectivity index (χ2n) is 9.24. The Hall–Kier alpha value is -2.89. The Bertz CT molecular complexity index is 1360. The molecule has 0 amide bonds. The van der Waals surface area contributed by atoms with Crippen LogP contribution in [0.4, 0.5) is 0 Å². The number of piperidine rings is 1. The molecular weight excluding hydrogens is 374 g/mol. The number of nitrogens with one attached hydrogen (secondary N) is 2. The maximum Gasteiger partial charge on any atom is 0.257 e. The highest BCUT2D eigenvalue weighted by atomic mass is 16.3. The molecule has 1 aliphatic carbocycles. The molecule has 0 radical (unpaired) electrons. The summed E-state index contributed by atoms with van der Waals surface area (Å²) in [6.07, 6.45) is 4.66. The summed E-state index contributed by atoms with van der Waals surface area (Å²) < 4.78 is 0. The van der Waals surface area contributed by atoms with E-state index < -0.39 is 5.72 Å². The summed E-state index contributed by atoms with van der Waals surface area (Å²) in [4.78, 5) is 20.7. The van der Waals surface area contributed by atoms with Crippen LogP contribution in [0.1, 0.15) is 30.0 Å². The van der Waals surface area contributed by atoms with Gasteiger partial charge in [-0.05, 0) is 48.1 Å². The van der Waals surface area contributed by atoms with E-state index in [2.05, 4.69) is 57.3 Å². The molecule has 0 bridgehead atoms. The molecule has 2 aliphatic rings. The van der Waals surface area contributed by atoms with Gasteiger partial charge in [0, 0.05) is 36.5 Å². The summed E-state index contributed by atoms with van der Waals surface area (Å²) in [7, 11) is 0. The smallest absolute Gasteiger partial charge is 0.257 e. The third-order valence-corrected chi connectivity index (χ3v) is 7.52. The van der Waals surface area contributed by atoms with Gasteiger partial charge >= 0.3 is 0 Å². The number of rotatable bonds is 3. The van der Waals surface area contributed by atoms with Crippen molar-refractivity contribution in [3.8, 4) is 0 Å². The fourth-order valence-electron chi connectivity index (χ4n) is 5.72. The highest BCUT2D eigenvalue weighted by molar-refractivity contribution is 5.87. The van der Waals surface area contributed by atoms with Crippen molar-refractivity contribution in [1.29, 1.82) is 0 Å². The summed E-state index contributed by atoms with van der Waals surface area (Å²) >= 11 is 0. The minimum Gasteiger partial charge on any atom is -0.372 e. The second kappa shape index (κ2) is 5.84. The van der Waals surface area contributed by atoms with Gasteiger partial charge in [0.2, 0.25) is 0 Å². The molecule has 3 atom stereocenters. The zero-order valence-corrected chi connectivity index (χ0v) is 17.2. The van der Waals surface area contributed by atoms with Gasteiger partial charge in [0.15, 0.2) is 0 Å². The van der Waals surface area contributed by atoms with Crippen molar-refractivity contribution in [2.75, 3.05) is 13.1 Å². The number of pyridine rings is 1. The topological polar surface area (TPSA) is 72.1 Å². The number of aliphatic hydroxyl groups is 1. The molecule has 5 heteroatoms. The van der Waals surface area contributed by atoms with E-state index in [0.717, 1.165) is 30.6 Å². The first-order valence-corrected chi connectivity index (χ1v) is 10.6. The fourth-order valence-corrected chi connectivity index (χ4v) is 5.72. The monoisotopic (exact) mass is 399 g/mol. The molecular formula is C25H25N3O2. The van der Waals surface area contributed by atoms with Gasteiger partial charge in [0.25, 0.3) is 5.56 Å². The zero-order chi connectivity index (χ0) is 20.7. The standard InChI is InChI=1S/C25H25N3O2/c1-15-11-27-23(29)21-20(12-26-22(15)21)24(2,30)28-13-17-10-25(17,14-28)19-9-5-7-16-6-3-4-8-18(16)19/h3-9,11-12,17,26,30H,10,13-14H2,1-2H3,(H,27,29). The third-order valence-electron chi connectivity index (χ3n) is 7.52. The number of hydrogen-bond donors (Lipinski definition) is 3. The molecule has 1 saturated carbocycles. The summed E-state index contributed by atoms with van der Waals surface area (Å²) in [6.45, 7) is 5.38. The third kappa shape index (κ3) is 2.27. The number of H-pyrrole nitrogens is 2. The van der Waals surface area contributed by atoms with Crippen LogP contribution in [0.15, 0.2) is 59.7 Å². The van der Waals surface area contributed by atoms with E-state index in [1.54, 1.807) is 12.4 Å². The summed E-state index contributed by atoms with van der Waals surface area (Å²) in [5.41, 5.74) is 2.49. The number of aryl methyl sites for hydroxylation is 1. The van der Waals surface area contributed by atoms with Gasteiger partial charge in [0.05, 0.1) is 10.9 Å². The molecule has 2 aromatic carbocycles. The molecule has 4 aromatic rings. The lowest BCUT2D eigenvalue weighted by atomic mass is 9.89. The van der Waals surface area contributed by atoms with Crippen molar-refractivity contribution in [3.63, 3.8) is 0 Å². The van der Waals surface area contributed by atoms with E-state index in [1.807, 2.05) is 13.8 Å². The van der Waals surface area contributed by atoms with Crippen molar-refractivity contribution >= 4 is 21.7 Å². The zero-order valence-electron chi connectivity index (χ0n) is 17.2. The lowest BCUT2D eigenvalue weighted by molar-refractivity contribution is -0.0938. The van der Waals surface area contributed by atoms with Gasteiger partial charge in [-0.2, -0.15) is 0 Å². The molecule has 5 nitrogen and oxygen atoms in total. The van der Waals surface area contributed by atoms with E-state index in [4.69, 9.17) is 0 Å². The van der Waals surface area contributed by atoms with Crippen LogP contribution in [0, 0.1) is 12.8 Å². The summed E-state index contributed by atoms with van der Waals surface area (Å²) in [5.74, 6) is 0.528. The minimum atomic E-state index is -1.22. The van der Waals surface area contributed by atoms with Crippen molar-refractivity contribution < 1.29 is 5.11 Å². The van der Waals surface area contributed by atoms with Gasteiger partial charge in [-0.1, -0.05) is 42.5 Å². The predicted octanol–water partition coefficient (Wildman–Crippen LogP) is 3.76. The van der Waals surface area contributed by atoms with E-state index in [1.165, 1.54) is 16.3 Å². The Kier molecular flexibility index (Phi) is 3.49. The number of aromatic nitrogens is 2. The van der Waals surface area contributed by atoms with E-state index >= 15 is 0 Å². The van der Waals surface area contributed by atoms with Crippen molar-refractivity contribution in [1.82, 2.24) is 14.9 Å². The quantitative estimate of drug-likeness (QED) is 0.491. The molecule has 2 fully saturated rings. The molecule has 1 aliphatic heterocycles. The van der Waals surface area contributed by atoms with Crippen LogP contribution in [0.3, 0.4) is 0 Å². The van der Waals surface area contributed by atoms with Crippen LogP contribution in [-0.4, -0.2) is 33.1 Å². The largest absolute Gasteiger partial charge is 0.372 e. The number of fused-ring (bicyclic) bond motifs is 3. The highest BCUT2D eigenvalue weighted by Crippen LogP contribution is 2.61. The summed E-state index contributed by atoms with van der Waals surface area (Å²) in [6, 6.07) is 15.1. The van der Waals surface area contributed by atoms with Crippen LogP contribution in [0.5, 0.6) is 0 Å². The number of aromatic amines is 2. The van der Waals surface area contributed by atoms with Crippen LogP contribution >= 0.6 is 0 Å². The average molecular weight is 399 g/mol. The lowest BCUT2D eigenvalue weighted by Crippen LogP contribution is -2.44. The fraction of sp³-hybridized carbons (Fsp3) is 0.320. The summed E-state index contributed by atoms with van der Waals surface area (Å²) in [5, 5.41) is 14.8. The molecule has 2 aromatic heterocycles. The molecule has 30 heavy (non-hydrogen) atoms. The van der Waals surface area contributed by atoms with Crippen LogP contribution in [0.25, 0.3) is 21.7 Å². The highest BCUT2D eigenvalue weighted by Gasteiger charge is 2.63. The first kappa shape index (κ1) is 17.9. The van der Waals surface area contributed by atoms with Gasteiger partial charge in [-0.25, -0.2) is 0 Å². The lowest BCUT2D eigenvalue weighted by Gasteiger charge is -2.36. The maximum absolute atomic E-state index is 12.6. The second-order valence-corrected chi connectivity index (χ2v) is 9.24. The van der Waals surface area contributed by atoms with Crippen molar-refractivity contribution in [3.05, 3.63) is 81.9 Å². The minimum absolute atomic E-state index is 0.0826. The molecule has 3 N–H and O–H groups in total. The molecule has 1 saturated heterocycles. The normalized spacial score (nSPS) is 25.5. The van der Waals surface area contributed by atoms with Crippen LogP contribution in [-0.2, 0) is 11.1 Å². The average Bonchev–Trinajstić information content (AvgIpc) is 3.10. The van der Waals surface area contributed by atoms with Crippen molar-refractivity contribution in [2.45, 2.75) is 31.4 Å². The molecule has 3 unspecified atom stereocenters. The van der Waals surface area contributed by atoms with Gasteiger partial charge in [-0.3, -0.25) is 9.69 Å². The van der Waals surface area contributed by atoms with Crippen molar-refractivity contribution in [2.24, 2.45) is 5.92 Å². The van der Waals surface area contributed by atoms with E-state index in [-0.39, 0.29) is 11.0 Å². The van der Waals surface area contributed by atoms with Gasteiger partial charge < -0.3 is 15.1 Å². The number of hydrogen-bond acceptors (Lipinski definition) is 3. The Labute approximate surface area is 174 Å². The van der Waals surface area contributed by atoms with Gasteiger partial charge in [0.1, 0.15) is 5.72 Å². The van der Waals surface area contributed by atoms with E-state index in [9.17, 15) is 9.90 Å². The first-order valence-electron chi connectivity index (χ1n) is 10.6. The first-order chi connectivity index (χ1) is 14.4. The van der Waals surface area contributed by atoms with Gasteiger partial charge in [-0.15, -0.1) is 0 Å². The van der Waals surface area contributed by atoms with E-state index in [0.29, 0.717) is 16.9 Å². The predicted molar refractivity (Wildman–Crippen MR) is 119 cm³/mol. The SMILES string of the molecule is Cc1c[nH]c(=O)c2c(C(C)(O)N3CC4CC4(c4cccc5ccccc45)C3)c[nH]c12. The maximum atomic E-state index is 12.6. The Morgan fingerprint density at radius 1 is 1.13 bits per heavy atom. The Morgan fingerprint density at radius 3 is 2.80 bits per heavy atom. The molecule has 0 spiro atoms. The number of likely N-dealkylation sites (tertiary alicyclic amines) is 1. The molecule has 6 rings (SSSR count). The van der Waals surface area contributed by atoms with Crippen LogP contribution < -0.4 is 5.56 Å². The van der Waals surface area contributed by atoms with Crippen LogP contribution in [0.2, 0.25) is 0 Å².